The van der Waals surface area contributed by atoms with Gasteiger partial charge in [0.05, 0.1) is 6.42 Å². The number of amides is 4. The Kier molecular flexibility index (Phi) is 10.1. The zero-order chi connectivity index (χ0) is 27.3. The first-order chi connectivity index (χ1) is 16.0. The van der Waals surface area contributed by atoms with Gasteiger partial charge < -0.3 is 25.1 Å². The predicted octanol–water partition coefficient (Wildman–Crippen LogP) is 1.24. The van der Waals surface area contributed by atoms with Gasteiger partial charge in [-0.05, 0) is 32.1 Å². The van der Waals surface area contributed by atoms with Crippen LogP contribution in [0.25, 0.3) is 0 Å². The topological polar surface area (TPSA) is 127 Å². The van der Waals surface area contributed by atoms with Crippen molar-refractivity contribution in [3.05, 3.63) is 0 Å². The maximum absolute atomic E-state index is 13.3. The predicted molar refractivity (Wildman–Crippen MR) is 119 cm³/mol. The Hall–Kier alpha value is -2.86. The van der Waals surface area contributed by atoms with Gasteiger partial charge in [0.25, 0.3) is 0 Å². The Morgan fingerprint density at radius 3 is 1.94 bits per heavy atom. The third kappa shape index (κ3) is 7.07. The van der Waals surface area contributed by atoms with Crippen LogP contribution in [-0.2, 0) is 24.0 Å². The van der Waals surface area contributed by atoms with E-state index in [0.717, 1.165) is 24.8 Å². The van der Waals surface area contributed by atoms with Gasteiger partial charge in [0, 0.05) is 27.2 Å². The van der Waals surface area contributed by atoms with Crippen LogP contribution in [0, 0.1) is 5.92 Å². The van der Waals surface area contributed by atoms with Crippen molar-refractivity contribution in [2.24, 2.45) is 5.92 Å². The van der Waals surface area contributed by atoms with Crippen LogP contribution in [0.15, 0.2) is 0 Å². The molecule has 1 fully saturated rings. The number of aliphatic carboxylic acids is 1. The molecule has 0 bridgehead atoms. The van der Waals surface area contributed by atoms with E-state index in [1.54, 1.807) is 13.8 Å². The van der Waals surface area contributed by atoms with Crippen LogP contribution < -0.4 is 5.32 Å². The largest absolute Gasteiger partial charge is 0.481 e. The van der Waals surface area contributed by atoms with E-state index in [1.165, 1.54) is 25.8 Å². The van der Waals surface area contributed by atoms with Gasteiger partial charge in [0.1, 0.15) is 17.6 Å². The number of halogens is 3. The fraction of sp³-hybridized carbons (Fsp3) is 0.773. The number of likely N-dealkylation sites (tertiary alicyclic amines) is 1. The Morgan fingerprint density at radius 2 is 1.54 bits per heavy atom. The molecule has 1 aliphatic rings. The molecule has 1 rings (SSSR count). The molecular weight excluding hydrogens is 473 g/mol. The van der Waals surface area contributed by atoms with Crippen LogP contribution in [0.3, 0.4) is 0 Å². The first-order valence-electron chi connectivity index (χ1n) is 11.4. The summed E-state index contributed by atoms with van der Waals surface area (Å²) in [5.41, 5.74) is -1.92. The van der Waals surface area contributed by atoms with E-state index in [1.807, 2.05) is 0 Å². The molecule has 0 unspecified atom stereocenters. The van der Waals surface area contributed by atoms with Crippen molar-refractivity contribution in [2.45, 2.75) is 77.2 Å². The number of carbonyl (C=O) groups is 5. The van der Waals surface area contributed by atoms with Gasteiger partial charge in [0.15, 0.2) is 0 Å². The Bertz CT molecular complexity index is 828. The van der Waals surface area contributed by atoms with E-state index in [9.17, 15) is 42.3 Å². The molecule has 0 aliphatic carbocycles. The maximum atomic E-state index is 13.3. The fourth-order valence-electron chi connectivity index (χ4n) is 4.17. The van der Waals surface area contributed by atoms with Gasteiger partial charge in [-0.2, -0.15) is 13.2 Å². The van der Waals surface area contributed by atoms with Crippen molar-refractivity contribution < 1.29 is 42.3 Å². The molecule has 2 N–H and O–H groups in total. The Morgan fingerprint density at radius 1 is 1.03 bits per heavy atom. The SMILES string of the molecule is CC[C@@](C)(C(=O)N(C)[C@H](C(=O)N[C@@H](CC(=O)O)C(=O)N1CCCC1)C(C)C)N(C)C(=O)C(F)(F)F. The summed E-state index contributed by atoms with van der Waals surface area (Å²) in [5.74, 6) is -6.34. The van der Waals surface area contributed by atoms with Gasteiger partial charge in [-0.25, -0.2) is 0 Å². The quantitative estimate of drug-likeness (QED) is 0.457. The first-order valence-corrected chi connectivity index (χ1v) is 11.4. The average molecular weight is 509 g/mol. The molecule has 0 saturated carbocycles. The van der Waals surface area contributed by atoms with Crippen LogP contribution in [0.4, 0.5) is 13.2 Å². The minimum Gasteiger partial charge on any atom is -0.481 e. The van der Waals surface area contributed by atoms with Crippen molar-refractivity contribution in [2.75, 3.05) is 27.2 Å². The number of nitrogens with one attached hydrogen (secondary N) is 1. The summed E-state index contributed by atoms with van der Waals surface area (Å²) in [7, 11) is 2.09. The summed E-state index contributed by atoms with van der Waals surface area (Å²) in [4.78, 5) is 65.2. The lowest BCUT2D eigenvalue weighted by Crippen LogP contribution is -2.64. The van der Waals surface area contributed by atoms with Crippen LogP contribution >= 0.6 is 0 Å². The minimum atomic E-state index is -5.20. The summed E-state index contributed by atoms with van der Waals surface area (Å²) < 4.78 is 39.1. The molecule has 0 aromatic carbocycles. The zero-order valence-electron chi connectivity index (χ0n) is 20.9. The highest BCUT2D eigenvalue weighted by Gasteiger charge is 2.51. The lowest BCUT2D eigenvalue weighted by Gasteiger charge is -2.42. The molecule has 35 heavy (non-hydrogen) atoms. The van der Waals surface area contributed by atoms with Crippen molar-refractivity contribution in [3.63, 3.8) is 0 Å². The van der Waals surface area contributed by atoms with Crippen molar-refractivity contribution >= 4 is 29.6 Å². The molecule has 1 aliphatic heterocycles. The van der Waals surface area contributed by atoms with Crippen LogP contribution in [-0.4, -0.2) is 100 Å². The van der Waals surface area contributed by atoms with E-state index in [4.69, 9.17) is 0 Å². The highest BCUT2D eigenvalue weighted by molar-refractivity contribution is 5.97. The number of carboxylic acid groups (broad SMARTS) is 1. The fourth-order valence-corrected chi connectivity index (χ4v) is 4.17. The second kappa shape index (κ2) is 11.7. The normalized spacial score (nSPS) is 17.4. The van der Waals surface area contributed by atoms with Gasteiger partial charge in [0.2, 0.25) is 17.7 Å². The molecule has 10 nitrogen and oxygen atoms in total. The number of hydrogen-bond donors (Lipinski definition) is 2. The van der Waals surface area contributed by atoms with Crippen LogP contribution in [0.5, 0.6) is 0 Å². The lowest BCUT2D eigenvalue weighted by atomic mass is 9.92. The molecule has 3 atom stereocenters. The van der Waals surface area contributed by atoms with Crippen LogP contribution in [0.2, 0.25) is 0 Å². The molecule has 0 aromatic rings. The molecule has 200 valence electrons. The minimum absolute atomic E-state index is 0.171. The molecule has 1 saturated heterocycles. The van der Waals surface area contributed by atoms with E-state index < -0.39 is 65.7 Å². The number of carbonyl (C=O) groups excluding carboxylic acids is 4. The maximum Gasteiger partial charge on any atom is 0.471 e. The van der Waals surface area contributed by atoms with Crippen molar-refractivity contribution in [3.8, 4) is 0 Å². The lowest BCUT2D eigenvalue weighted by molar-refractivity contribution is -0.191. The van der Waals surface area contributed by atoms with E-state index in [0.29, 0.717) is 18.0 Å². The molecule has 4 amide bonds. The summed E-state index contributed by atoms with van der Waals surface area (Å²) in [6.07, 6.45) is -4.52. The van der Waals surface area contributed by atoms with Gasteiger partial charge in [-0.15, -0.1) is 0 Å². The number of alkyl halides is 3. The highest BCUT2D eigenvalue weighted by atomic mass is 19.4. The first kappa shape index (κ1) is 30.2. The number of nitrogens with zero attached hydrogens (tertiary/aromatic N) is 3. The molecule has 13 heteroatoms. The summed E-state index contributed by atoms with van der Waals surface area (Å²) in [6, 6.07) is -2.61. The van der Waals surface area contributed by atoms with Crippen molar-refractivity contribution in [1.82, 2.24) is 20.0 Å². The molecule has 1 heterocycles. The standard InChI is InChI=1S/C22H35F3N4O6/c1-7-21(4,28(6)20(35)22(23,24)25)19(34)27(5)16(13(2)3)17(32)26-14(12-15(30)31)18(33)29-10-8-9-11-29/h13-14,16H,7-12H2,1-6H3,(H,26,32)(H,30,31)/t14-,16-,21-/m0/s1. The third-order valence-corrected chi connectivity index (χ3v) is 6.49. The summed E-state index contributed by atoms with van der Waals surface area (Å²) in [6.45, 7) is 6.67. The van der Waals surface area contributed by atoms with E-state index >= 15 is 0 Å². The highest BCUT2D eigenvalue weighted by Crippen LogP contribution is 2.28. The molecule has 0 spiro atoms. The molecular formula is C22H35F3N4O6. The third-order valence-electron chi connectivity index (χ3n) is 6.49. The second-order valence-corrected chi connectivity index (χ2v) is 9.29. The Labute approximate surface area is 202 Å². The summed E-state index contributed by atoms with van der Waals surface area (Å²) >= 11 is 0. The molecule has 0 radical (unpaired) electrons. The van der Waals surface area contributed by atoms with Gasteiger partial charge in [-0.1, -0.05) is 20.8 Å². The van der Waals surface area contributed by atoms with E-state index in [2.05, 4.69) is 5.32 Å². The van der Waals surface area contributed by atoms with Gasteiger partial charge in [-0.3, -0.25) is 24.0 Å². The zero-order valence-corrected chi connectivity index (χ0v) is 20.9. The Balaban J connectivity index is 3.21. The van der Waals surface area contributed by atoms with E-state index in [-0.39, 0.29) is 6.42 Å². The van der Waals surface area contributed by atoms with Gasteiger partial charge >= 0.3 is 18.1 Å². The van der Waals surface area contributed by atoms with Crippen molar-refractivity contribution in [1.29, 1.82) is 0 Å². The second-order valence-electron chi connectivity index (χ2n) is 9.29. The number of hydrogen-bond acceptors (Lipinski definition) is 5. The number of carboxylic acids is 1. The smallest absolute Gasteiger partial charge is 0.471 e. The van der Waals surface area contributed by atoms with Crippen LogP contribution in [0.1, 0.15) is 53.4 Å². The summed E-state index contributed by atoms with van der Waals surface area (Å²) in [5, 5.41) is 11.7. The molecule has 0 aromatic heterocycles. The number of likely N-dealkylation sites (N-methyl/N-ethyl adjacent to an activating group) is 2. The monoisotopic (exact) mass is 508 g/mol. The number of rotatable bonds is 10. The average Bonchev–Trinajstić information content (AvgIpc) is 3.29.